The van der Waals surface area contributed by atoms with E-state index in [0.29, 0.717) is 13.1 Å². The second kappa shape index (κ2) is 5.63. The van der Waals surface area contributed by atoms with Gasteiger partial charge in [-0.05, 0) is 57.4 Å². The Kier molecular flexibility index (Phi) is 3.72. The summed E-state index contributed by atoms with van der Waals surface area (Å²) < 4.78 is 5.46. The van der Waals surface area contributed by atoms with Crippen LogP contribution in [0.3, 0.4) is 0 Å². The Morgan fingerprint density at radius 1 is 1.12 bits per heavy atom. The van der Waals surface area contributed by atoms with Crippen LogP contribution in [0.15, 0.2) is 18.2 Å². The molecule has 1 saturated heterocycles. The van der Waals surface area contributed by atoms with Crippen molar-refractivity contribution in [3.05, 3.63) is 29.3 Å². The zero-order chi connectivity index (χ0) is 18.7. The summed E-state index contributed by atoms with van der Waals surface area (Å²) in [7, 11) is 1.91. The van der Waals surface area contributed by atoms with Crippen LogP contribution in [0.5, 0.6) is 0 Å². The van der Waals surface area contributed by atoms with Gasteiger partial charge in [-0.2, -0.15) is 0 Å². The maximum Gasteiger partial charge on any atom is 0.410 e. The van der Waals surface area contributed by atoms with Gasteiger partial charge >= 0.3 is 6.09 Å². The van der Waals surface area contributed by atoms with Gasteiger partial charge in [0.2, 0.25) is 0 Å². The Hall–Kier alpha value is -2.24. The van der Waals surface area contributed by atoms with Gasteiger partial charge in [0.05, 0.1) is 5.54 Å². The second-order valence-electron chi connectivity index (χ2n) is 8.58. The predicted octanol–water partition coefficient (Wildman–Crippen LogP) is 2.82. The smallest absolute Gasteiger partial charge is 0.410 e. The molecule has 0 radical (unpaired) electrons. The van der Waals surface area contributed by atoms with Crippen molar-refractivity contribution >= 4 is 17.7 Å². The molecule has 3 aliphatic rings. The number of hydrogen-bond acceptors (Lipinski definition) is 4. The standard InChI is InChI=1S/C20H27N3O3/c1-19(2,3)26-18(25)23-11-9-22(10-12-23)14-5-6-15-16(13-14)20(7-8-20)21(4)17(15)24/h5-6,13H,7-12H2,1-4H3. The molecule has 1 aromatic carbocycles. The van der Waals surface area contributed by atoms with E-state index in [1.807, 2.05) is 44.9 Å². The molecule has 2 aliphatic heterocycles. The maximum absolute atomic E-state index is 12.4. The number of carbonyl (C=O) groups excluding carboxylic acids is 2. The predicted molar refractivity (Wildman–Crippen MR) is 99.5 cm³/mol. The molecule has 1 saturated carbocycles. The zero-order valence-electron chi connectivity index (χ0n) is 16.0. The van der Waals surface area contributed by atoms with Gasteiger partial charge < -0.3 is 19.4 Å². The fourth-order valence-corrected chi connectivity index (χ4v) is 4.05. The summed E-state index contributed by atoms with van der Waals surface area (Å²) in [6.45, 7) is 8.50. The van der Waals surface area contributed by atoms with E-state index in [2.05, 4.69) is 11.0 Å². The largest absolute Gasteiger partial charge is 0.444 e. The first-order valence-electron chi connectivity index (χ1n) is 9.37. The molecule has 26 heavy (non-hydrogen) atoms. The molecular weight excluding hydrogens is 330 g/mol. The molecule has 0 unspecified atom stereocenters. The van der Waals surface area contributed by atoms with Crippen LogP contribution in [0.4, 0.5) is 10.5 Å². The van der Waals surface area contributed by atoms with E-state index < -0.39 is 5.60 Å². The first-order chi connectivity index (χ1) is 12.2. The fourth-order valence-electron chi connectivity index (χ4n) is 4.05. The first kappa shape index (κ1) is 17.2. The third-order valence-corrected chi connectivity index (χ3v) is 5.70. The molecule has 0 atom stereocenters. The number of ether oxygens (including phenoxy) is 1. The van der Waals surface area contributed by atoms with E-state index in [0.717, 1.165) is 37.2 Å². The SMILES string of the molecule is CN1C(=O)c2ccc(N3CCN(C(=O)OC(C)(C)C)CC3)cc2C12CC2. The summed E-state index contributed by atoms with van der Waals surface area (Å²) in [5.41, 5.74) is 2.65. The average molecular weight is 357 g/mol. The summed E-state index contributed by atoms with van der Waals surface area (Å²) in [6, 6.07) is 6.19. The van der Waals surface area contributed by atoms with Crippen molar-refractivity contribution in [1.82, 2.24) is 9.80 Å². The lowest BCUT2D eigenvalue weighted by molar-refractivity contribution is 0.0240. The first-order valence-corrected chi connectivity index (χ1v) is 9.37. The van der Waals surface area contributed by atoms with Crippen LogP contribution in [0.1, 0.15) is 49.5 Å². The quantitative estimate of drug-likeness (QED) is 0.776. The Balaban J connectivity index is 1.46. The molecule has 2 fully saturated rings. The van der Waals surface area contributed by atoms with Crippen LogP contribution in [-0.4, -0.2) is 60.6 Å². The van der Waals surface area contributed by atoms with Gasteiger partial charge in [-0.15, -0.1) is 0 Å². The fraction of sp³-hybridized carbons (Fsp3) is 0.600. The van der Waals surface area contributed by atoms with E-state index in [1.165, 1.54) is 5.56 Å². The lowest BCUT2D eigenvalue weighted by atomic mass is 10.0. The molecule has 2 amide bonds. The molecule has 140 valence electrons. The lowest BCUT2D eigenvalue weighted by Gasteiger charge is -2.37. The number of hydrogen-bond donors (Lipinski definition) is 0. The number of anilines is 1. The molecule has 1 spiro atoms. The minimum absolute atomic E-state index is 0.0548. The van der Waals surface area contributed by atoms with Gasteiger partial charge in [0.15, 0.2) is 0 Å². The molecule has 0 aromatic heterocycles. The molecular formula is C20H27N3O3. The van der Waals surface area contributed by atoms with Gasteiger partial charge in [-0.25, -0.2) is 4.79 Å². The van der Waals surface area contributed by atoms with Gasteiger partial charge in [0, 0.05) is 44.5 Å². The summed E-state index contributed by atoms with van der Waals surface area (Å²) in [5, 5.41) is 0. The van der Waals surface area contributed by atoms with Crippen molar-refractivity contribution in [3.8, 4) is 0 Å². The number of amides is 2. The molecule has 1 aromatic rings. The highest BCUT2D eigenvalue weighted by Gasteiger charge is 2.56. The van der Waals surface area contributed by atoms with Crippen LogP contribution in [0.25, 0.3) is 0 Å². The van der Waals surface area contributed by atoms with Crippen LogP contribution in [0.2, 0.25) is 0 Å². The van der Waals surface area contributed by atoms with Crippen molar-refractivity contribution in [1.29, 1.82) is 0 Å². The van der Waals surface area contributed by atoms with E-state index >= 15 is 0 Å². The summed E-state index contributed by atoms with van der Waals surface area (Å²) in [4.78, 5) is 30.6. The Morgan fingerprint density at radius 3 is 2.35 bits per heavy atom. The van der Waals surface area contributed by atoms with Crippen molar-refractivity contribution in [2.75, 3.05) is 38.1 Å². The number of carbonyl (C=O) groups is 2. The highest BCUT2D eigenvalue weighted by atomic mass is 16.6. The molecule has 6 heteroatoms. The number of nitrogens with zero attached hydrogens (tertiary/aromatic N) is 3. The van der Waals surface area contributed by atoms with Crippen LogP contribution in [0, 0.1) is 0 Å². The molecule has 2 heterocycles. The Bertz CT molecular complexity index is 756. The molecule has 6 nitrogen and oxygen atoms in total. The normalized spacial score (nSPS) is 21.2. The lowest BCUT2D eigenvalue weighted by Crippen LogP contribution is -2.50. The van der Waals surface area contributed by atoms with Crippen molar-refractivity contribution in [2.45, 2.75) is 44.8 Å². The molecule has 4 rings (SSSR count). The molecule has 0 bridgehead atoms. The number of rotatable bonds is 1. The van der Waals surface area contributed by atoms with Gasteiger partial charge in [-0.3, -0.25) is 4.79 Å². The van der Waals surface area contributed by atoms with Crippen LogP contribution >= 0.6 is 0 Å². The summed E-state index contributed by atoms with van der Waals surface area (Å²) in [6.07, 6.45) is 1.87. The zero-order valence-corrected chi connectivity index (χ0v) is 16.0. The number of piperazine rings is 1. The van der Waals surface area contributed by atoms with Crippen LogP contribution < -0.4 is 4.90 Å². The maximum atomic E-state index is 12.4. The Labute approximate surface area is 154 Å². The van der Waals surface area contributed by atoms with E-state index in [-0.39, 0.29) is 17.5 Å². The van der Waals surface area contributed by atoms with Crippen molar-refractivity contribution in [2.24, 2.45) is 0 Å². The highest BCUT2D eigenvalue weighted by Crippen LogP contribution is 2.56. The van der Waals surface area contributed by atoms with E-state index in [1.54, 1.807) is 4.90 Å². The number of benzene rings is 1. The number of fused-ring (bicyclic) bond motifs is 2. The third kappa shape index (κ3) is 2.72. The average Bonchev–Trinajstić information content (AvgIpc) is 3.37. The topological polar surface area (TPSA) is 53.1 Å². The van der Waals surface area contributed by atoms with E-state index in [9.17, 15) is 9.59 Å². The minimum Gasteiger partial charge on any atom is -0.444 e. The summed E-state index contributed by atoms with van der Waals surface area (Å²) in [5.74, 6) is 0.138. The molecule has 0 N–H and O–H groups in total. The van der Waals surface area contributed by atoms with Gasteiger partial charge in [0.1, 0.15) is 5.60 Å². The summed E-state index contributed by atoms with van der Waals surface area (Å²) >= 11 is 0. The van der Waals surface area contributed by atoms with E-state index in [4.69, 9.17) is 4.74 Å². The Morgan fingerprint density at radius 2 is 1.77 bits per heavy atom. The van der Waals surface area contributed by atoms with Gasteiger partial charge in [0.25, 0.3) is 5.91 Å². The van der Waals surface area contributed by atoms with Crippen molar-refractivity contribution < 1.29 is 14.3 Å². The second-order valence-corrected chi connectivity index (χ2v) is 8.58. The minimum atomic E-state index is -0.467. The highest BCUT2D eigenvalue weighted by molar-refractivity contribution is 6.01. The van der Waals surface area contributed by atoms with Gasteiger partial charge in [-0.1, -0.05) is 0 Å². The molecule has 1 aliphatic carbocycles. The van der Waals surface area contributed by atoms with Crippen LogP contribution in [-0.2, 0) is 10.3 Å². The third-order valence-electron chi connectivity index (χ3n) is 5.70. The van der Waals surface area contributed by atoms with Crippen molar-refractivity contribution in [3.63, 3.8) is 0 Å². The monoisotopic (exact) mass is 357 g/mol.